The second kappa shape index (κ2) is 5.16. The Bertz CT molecular complexity index is 331. The molecule has 1 saturated heterocycles. The molecule has 0 bridgehead atoms. The van der Waals surface area contributed by atoms with Gasteiger partial charge in [-0.3, -0.25) is 4.79 Å². The minimum atomic E-state index is -0.737. The van der Waals surface area contributed by atoms with Crippen LogP contribution in [-0.2, 0) is 4.79 Å². The third-order valence-corrected chi connectivity index (χ3v) is 4.13. The molecule has 0 spiro atoms. The minimum Gasteiger partial charge on any atom is -0.481 e. The number of rotatable bonds is 4. The molecule has 0 aromatic carbocycles. The summed E-state index contributed by atoms with van der Waals surface area (Å²) >= 11 is 0. The molecule has 0 radical (unpaired) electrons. The molecule has 0 atom stereocenters. The van der Waals surface area contributed by atoms with Gasteiger partial charge >= 0.3 is 12.0 Å². The summed E-state index contributed by atoms with van der Waals surface area (Å²) in [5, 5.41) is 11.7. The molecule has 2 fully saturated rings. The van der Waals surface area contributed by atoms with Crippen molar-refractivity contribution in [2.45, 2.75) is 39.0 Å². The fourth-order valence-corrected chi connectivity index (χ4v) is 2.38. The number of nitrogens with one attached hydrogen (secondary N) is 1. The van der Waals surface area contributed by atoms with E-state index < -0.39 is 5.97 Å². The van der Waals surface area contributed by atoms with Crippen LogP contribution in [0.1, 0.15) is 39.0 Å². The normalized spacial score (nSPS) is 22.6. The molecule has 1 aliphatic heterocycles. The van der Waals surface area contributed by atoms with E-state index in [-0.39, 0.29) is 18.4 Å². The van der Waals surface area contributed by atoms with E-state index >= 15 is 0 Å². The summed E-state index contributed by atoms with van der Waals surface area (Å²) in [4.78, 5) is 24.3. The van der Waals surface area contributed by atoms with Crippen LogP contribution in [0.25, 0.3) is 0 Å². The number of urea groups is 1. The first-order valence-corrected chi connectivity index (χ1v) is 6.73. The fourth-order valence-electron chi connectivity index (χ4n) is 2.38. The molecule has 2 amide bonds. The van der Waals surface area contributed by atoms with E-state index in [1.54, 1.807) is 0 Å². The van der Waals surface area contributed by atoms with Gasteiger partial charge in [0.25, 0.3) is 0 Å². The first-order valence-electron chi connectivity index (χ1n) is 6.73. The molecule has 5 nitrogen and oxygen atoms in total. The molecular formula is C13H22N2O3. The molecule has 0 aromatic rings. The molecule has 0 unspecified atom stereocenters. The van der Waals surface area contributed by atoms with E-state index in [0.717, 1.165) is 19.4 Å². The number of piperidine rings is 1. The predicted octanol–water partition coefficient (Wildman–Crippen LogP) is 1.68. The Morgan fingerprint density at radius 3 is 2.44 bits per heavy atom. The highest BCUT2D eigenvalue weighted by atomic mass is 16.4. The second-order valence-electron chi connectivity index (χ2n) is 6.00. The molecule has 1 aliphatic carbocycles. The van der Waals surface area contributed by atoms with E-state index in [0.29, 0.717) is 18.5 Å². The van der Waals surface area contributed by atoms with Crippen LogP contribution in [0.2, 0.25) is 0 Å². The van der Waals surface area contributed by atoms with Crippen LogP contribution in [0.5, 0.6) is 0 Å². The predicted molar refractivity (Wildman–Crippen MR) is 67.3 cm³/mol. The number of nitrogens with zero attached hydrogens (tertiary/aromatic N) is 1. The van der Waals surface area contributed by atoms with Gasteiger partial charge in [-0.15, -0.1) is 0 Å². The van der Waals surface area contributed by atoms with E-state index in [1.807, 2.05) is 4.90 Å². The van der Waals surface area contributed by atoms with Crippen molar-refractivity contribution >= 4 is 12.0 Å². The van der Waals surface area contributed by atoms with Gasteiger partial charge in [-0.2, -0.15) is 0 Å². The van der Waals surface area contributed by atoms with E-state index in [1.165, 1.54) is 12.8 Å². The van der Waals surface area contributed by atoms with Crippen molar-refractivity contribution in [1.29, 1.82) is 0 Å². The minimum absolute atomic E-state index is 0.0110. The van der Waals surface area contributed by atoms with E-state index in [9.17, 15) is 9.59 Å². The van der Waals surface area contributed by atoms with Gasteiger partial charge in [0.1, 0.15) is 0 Å². The maximum Gasteiger partial charge on any atom is 0.317 e. The van der Waals surface area contributed by atoms with E-state index in [4.69, 9.17) is 5.11 Å². The second-order valence-corrected chi connectivity index (χ2v) is 6.00. The highest BCUT2D eigenvalue weighted by Gasteiger charge is 2.37. The third-order valence-electron chi connectivity index (χ3n) is 4.13. The number of likely N-dealkylation sites (tertiary alicyclic amines) is 1. The van der Waals surface area contributed by atoms with Crippen molar-refractivity contribution in [2.75, 3.05) is 19.6 Å². The van der Waals surface area contributed by atoms with Crippen molar-refractivity contribution in [1.82, 2.24) is 10.2 Å². The molecular weight excluding hydrogens is 232 g/mol. The number of carbonyl (C=O) groups excluding carboxylic acids is 1. The van der Waals surface area contributed by atoms with Gasteiger partial charge in [-0.1, -0.05) is 6.92 Å². The third kappa shape index (κ3) is 3.62. The maximum absolute atomic E-state index is 11.9. The molecule has 1 heterocycles. The lowest BCUT2D eigenvalue weighted by Gasteiger charge is -2.31. The Morgan fingerprint density at radius 1 is 1.33 bits per heavy atom. The molecule has 2 rings (SSSR count). The Hall–Kier alpha value is -1.26. The SMILES string of the molecule is CC1(CNC(=O)N2CCC(CC(=O)O)CC2)CC1. The van der Waals surface area contributed by atoms with E-state index in [2.05, 4.69) is 12.2 Å². The molecule has 2 N–H and O–H groups in total. The summed E-state index contributed by atoms with van der Waals surface area (Å²) in [6.07, 6.45) is 4.24. The topological polar surface area (TPSA) is 69.6 Å². The van der Waals surface area contributed by atoms with Gasteiger partial charge in [0, 0.05) is 26.1 Å². The molecule has 2 aliphatic rings. The van der Waals surface area contributed by atoms with Gasteiger partial charge < -0.3 is 15.3 Å². The smallest absolute Gasteiger partial charge is 0.317 e. The number of hydrogen-bond acceptors (Lipinski definition) is 2. The lowest BCUT2D eigenvalue weighted by atomic mass is 9.94. The molecule has 0 aromatic heterocycles. The molecule has 5 heteroatoms. The van der Waals surface area contributed by atoms with Crippen molar-refractivity contribution < 1.29 is 14.7 Å². The lowest BCUT2D eigenvalue weighted by molar-refractivity contribution is -0.138. The van der Waals surface area contributed by atoms with Crippen molar-refractivity contribution in [3.63, 3.8) is 0 Å². The van der Waals surface area contributed by atoms with Crippen molar-refractivity contribution in [3.8, 4) is 0 Å². The monoisotopic (exact) mass is 254 g/mol. The Morgan fingerprint density at radius 2 is 1.94 bits per heavy atom. The summed E-state index contributed by atoms with van der Waals surface area (Å²) in [5.41, 5.74) is 0.331. The van der Waals surface area contributed by atoms with Crippen molar-refractivity contribution in [3.05, 3.63) is 0 Å². The standard InChI is InChI=1S/C13H22N2O3/c1-13(4-5-13)9-14-12(18)15-6-2-10(3-7-15)8-11(16)17/h10H,2-9H2,1H3,(H,14,18)(H,16,17). The molecule has 1 saturated carbocycles. The van der Waals surface area contributed by atoms with Crippen LogP contribution < -0.4 is 5.32 Å². The molecule has 18 heavy (non-hydrogen) atoms. The Balaban J connectivity index is 1.68. The number of aliphatic carboxylic acids is 1. The number of hydrogen-bond donors (Lipinski definition) is 2. The number of carbonyl (C=O) groups is 2. The van der Waals surface area contributed by atoms with Crippen LogP contribution >= 0.6 is 0 Å². The van der Waals surface area contributed by atoms with Gasteiger partial charge in [-0.25, -0.2) is 4.79 Å². The van der Waals surface area contributed by atoms with Crippen LogP contribution in [0.3, 0.4) is 0 Å². The lowest BCUT2D eigenvalue weighted by Crippen LogP contribution is -2.45. The van der Waals surface area contributed by atoms with Gasteiger partial charge in [0.2, 0.25) is 0 Å². The zero-order valence-electron chi connectivity index (χ0n) is 10.9. The Kier molecular flexibility index (Phi) is 3.78. The van der Waals surface area contributed by atoms with Gasteiger partial charge in [0.15, 0.2) is 0 Å². The van der Waals surface area contributed by atoms with Crippen LogP contribution in [0.15, 0.2) is 0 Å². The van der Waals surface area contributed by atoms with Gasteiger partial charge in [0.05, 0.1) is 0 Å². The zero-order valence-corrected chi connectivity index (χ0v) is 10.9. The van der Waals surface area contributed by atoms with Crippen LogP contribution in [0.4, 0.5) is 4.79 Å². The first-order chi connectivity index (χ1) is 8.48. The Labute approximate surface area is 108 Å². The van der Waals surface area contributed by atoms with Crippen molar-refractivity contribution in [2.24, 2.45) is 11.3 Å². The summed E-state index contributed by atoms with van der Waals surface area (Å²) in [5.74, 6) is -0.507. The maximum atomic E-state index is 11.9. The van der Waals surface area contributed by atoms with Gasteiger partial charge in [-0.05, 0) is 37.0 Å². The summed E-state index contributed by atoms with van der Waals surface area (Å²) in [6.45, 7) is 4.31. The fraction of sp³-hybridized carbons (Fsp3) is 0.846. The summed E-state index contributed by atoms with van der Waals surface area (Å²) < 4.78 is 0. The first kappa shape index (κ1) is 13.2. The number of carboxylic acids is 1. The number of carboxylic acid groups (broad SMARTS) is 1. The molecule has 102 valence electrons. The zero-order chi connectivity index (χ0) is 13.2. The largest absolute Gasteiger partial charge is 0.481 e. The van der Waals surface area contributed by atoms with Crippen LogP contribution in [0, 0.1) is 11.3 Å². The van der Waals surface area contributed by atoms with Crippen LogP contribution in [-0.4, -0.2) is 41.6 Å². The average molecular weight is 254 g/mol. The number of amides is 2. The summed E-state index contributed by atoms with van der Waals surface area (Å²) in [7, 11) is 0. The quantitative estimate of drug-likeness (QED) is 0.802. The highest BCUT2D eigenvalue weighted by molar-refractivity contribution is 5.74. The summed E-state index contributed by atoms with van der Waals surface area (Å²) in [6, 6.07) is 0.0110. The highest BCUT2D eigenvalue weighted by Crippen LogP contribution is 2.44. The average Bonchev–Trinajstić information content (AvgIpc) is 3.05.